The monoisotopic (exact) mass is 435 g/mol. The Labute approximate surface area is 156 Å². The molecule has 0 spiro atoms. The number of hydrogen-bond acceptors (Lipinski definition) is 3. The van der Waals surface area contributed by atoms with Crippen molar-refractivity contribution in [1.29, 1.82) is 0 Å². The van der Waals surface area contributed by atoms with Gasteiger partial charge in [-0.05, 0) is 35.7 Å². The molecule has 3 rings (SSSR count). The minimum Gasteiger partial charge on any atom is -0.406 e. The molecule has 1 heterocycles. The van der Waals surface area contributed by atoms with Crippen LogP contribution in [0.1, 0.15) is 16.0 Å². The normalized spacial score (nSPS) is 16.5. The van der Waals surface area contributed by atoms with Gasteiger partial charge in [0.05, 0.1) is 4.83 Å². The number of aliphatic hydroxyl groups excluding tert-OH is 1. The summed E-state index contributed by atoms with van der Waals surface area (Å²) >= 11 is 9.33. The Balaban J connectivity index is 1.83. The molecular formula is C17H14BrClF3NO2. The summed E-state index contributed by atoms with van der Waals surface area (Å²) in [4.78, 5) is 1.23. The van der Waals surface area contributed by atoms with Crippen LogP contribution < -0.4 is 9.64 Å². The van der Waals surface area contributed by atoms with E-state index in [4.69, 9.17) is 11.6 Å². The number of ether oxygens (including phenoxy) is 1. The van der Waals surface area contributed by atoms with Crippen LogP contribution in [0.5, 0.6) is 5.75 Å². The van der Waals surface area contributed by atoms with Crippen LogP contribution in [0.15, 0.2) is 42.5 Å². The van der Waals surface area contributed by atoms with E-state index in [1.165, 1.54) is 12.1 Å². The highest BCUT2D eigenvalue weighted by Gasteiger charge is 2.34. The van der Waals surface area contributed by atoms with Crippen molar-refractivity contribution in [3.05, 3.63) is 58.6 Å². The molecule has 2 aromatic rings. The number of aliphatic hydroxyl groups is 1. The van der Waals surface area contributed by atoms with E-state index < -0.39 is 17.4 Å². The van der Waals surface area contributed by atoms with Crippen molar-refractivity contribution in [1.82, 2.24) is 0 Å². The number of rotatable bonds is 4. The molecule has 2 unspecified atom stereocenters. The highest BCUT2D eigenvalue weighted by Crippen LogP contribution is 2.38. The fourth-order valence-corrected chi connectivity index (χ4v) is 3.55. The lowest BCUT2D eigenvalue weighted by Gasteiger charge is -2.30. The average molecular weight is 437 g/mol. The van der Waals surface area contributed by atoms with E-state index >= 15 is 0 Å². The first-order chi connectivity index (χ1) is 11.7. The van der Waals surface area contributed by atoms with Crippen molar-refractivity contribution in [2.75, 3.05) is 11.4 Å². The number of alkyl halides is 4. The Kier molecular flexibility index (Phi) is 5.18. The molecule has 0 bridgehead atoms. The summed E-state index contributed by atoms with van der Waals surface area (Å²) in [5, 5.41) is 11.3. The van der Waals surface area contributed by atoms with Crippen molar-refractivity contribution in [2.24, 2.45) is 0 Å². The zero-order chi connectivity index (χ0) is 18.2. The Morgan fingerprint density at radius 3 is 2.48 bits per heavy atom. The first kappa shape index (κ1) is 18.4. The van der Waals surface area contributed by atoms with E-state index in [1.54, 1.807) is 35.2 Å². The molecular weight excluding hydrogens is 423 g/mol. The number of benzene rings is 2. The van der Waals surface area contributed by atoms with Gasteiger partial charge in [0.25, 0.3) is 0 Å². The van der Waals surface area contributed by atoms with E-state index in [9.17, 15) is 18.3 Å². The predicted molar refractivity (Wildman–Crippen MR) is 93.3 cm³/mol. The summed E-state index contributed by atoms with van der Waals surface area (Å²) in [6.07, 6.45) is -5.07. The molecule has 1 aliphatic heterocycles. The molecule has 0 amide bonds. The third kappa shape index (κ3) is 4.22. The topological polar surface area (TPSA) is 32.7 Å². The molecule has 8 heteroatoms. The van der Waals surface area contributed by atoms with Gasteiger partial charge in [0.2, 0.25) is 0 Å². The molecule has 0 saturated heterocycles. The van der Waals surface area contributed by atoms with Crippen LogP contribution in [0.3, 0.4) is 0 Å². The molecule has 3 nitrogen and oxygen atoms in total. The molecule has 0 fully saturated rings. The number of anilines is 1. The predicted octanol–water partition coefficient (Wildman–Crippen LogP) is 5.06. The second-order valence-corrected chi connectivity index (χ2v) is 7.07. The van der Waals surface area contributed by atoms with Crippen LogP contribution in [0, 0.1) is 0 Å². The van der Waals surface area contributed by atoms with Crippen LogP contribution in [-0.2, 0) is 6.42 Å². The van der Waals surface area contributed by atoms with Gasteiger partial charge in [0.1, 0.15) is 12.0 Å². The Bertz CT molecular complexity index is 755. The maximum atomic E-state index is 12.4. The molecule has 2 aromatic carbocycles. The quantitative estimate of drug-likeness (QED) is 0.681. The van der Waals surface area contributed by atoms with E-state index in [1.807, 2.05) is 0 Å². The van der Waals surface area contributed by atoms with Gasteiger partial charge in [-0.25, -0.2) is 0 Å². The molecule has 134 valence electrons. The number of fused-ring (bicyclic) bond motifs is 1. The fraction of sp³-hybridized carbons (Fsp3) is 0.294. The lowest BCUT2D eigenvalue weighted by Crippen LogP contribution is -2.36. The third-order valence-electron chi connectivity index (χ3n) is 3.99. The van der Waals surface area contributed by atoms with Gasteiger partial charge < -0.3 is 14.7 Å². The second-order valence-electron chi connectivity index (χ2n) is 5.65. The van der Waals surface area contributed by atoms with Crippen LogP contribution in [0.4, 0.5) is 18.9 Å². The molecule has 1 aliphatic rings. The van der Waals surface area contributed by atoms with Crippen LogP contribution >= 0.6 is 27.5 Å². The number of nitrogens with zero attached hydrogens (tertiary/aromatic N) is 1. The highest BCUT2D eigenvalue weighted by atomic mass is 79.9. The molecule has 2 atom stereocenters. The van der Waals surface area contributed by atoms with Crippen molar-refractivity contribution in [3.63, 3.8) is 0 Å². The maximum absolute atomic E-state index is 12.4. The standard InChI is InChI=1S/C17H14BrClF3NO2/c18-15(11-1-4-12(19)5-2-11)16(24)23-8-7-10-3-6-13(9-14(10)23)25-17(20,21)22/h1-6,9,15-16,24H,7-8H2. The molecule has 25 heavy (non-hydrogen) atoms. The molecule has 0 saturated carbocycles. The van der Waals surface area contributed by atoms with Gasteiger partial charge in [-0.2, -0.15) is 0 Å². The van der Waals surface area contributed by atoms with Gasteiger partial charge >= 0.3 is 6.36 Å². The fourth-order valence-electron chi connectivity index (χ4n) is 2.83. The van der Waals surface area contributed by atoms with Crippen molar-refractivity contribution < 1.29 is 23.0 Å². The lowest BCUT2D eigenvalue weighted by molar-refractivity contribution is -0.274. The van der Waals surface area contributed by atoms with Gasteiger partial charge in [-0.3, -0.25) is 0 Å². The SMILES string of the molecule is OC(C(Br)c1ccc(Cl)cc1)N1CCc2ccc(OC(F)(F)F)cc21. The van der Waals surface area contributed by atoms with E-state index in [-0.39, 0.29) is 5.75 Å². The summed E-state index contributed by atoms with van der Waals surface area (Å²) in [5.74, 6) is -0.303. The van der Waals surface area contributed by atoms with Crippen molar-refractivity contribution in [3.8, 4) is 5.75 Å². The van der Waals surface area contributed by atoms with E-state index in [0.717, 1.165) is 11.1 Å². The first-order valence-electron chi connectivity index (χ1n) is 7.47. The molecule has 0 radical (unpaired) electrons. The first-order valence-corrected chi connectivity index (χ1v) is 8.77. The minimum atomic E-state index is -4.75. The van der Waals surface area contributed by atoms with Crippen molar-refractivity contribution in [2.45, 2.75) is 23.8 Å². The van der Waals surface area contributed by atoms with Gasteiger partial charge in [0, 0.05) is 23.3 Å². The van der Waals surface area contributed by atoms with E-state index in [2.05, 4.69) is 20.7 Å². The Morgan fingerprint density at radius 2 is 1.84 bits per heavy atom. The van der Waals surface area contributed by atoms with Crippen molar-refractivity contribution >= 4 is 33.2 Å². The Morgan fingerprint density at radius 1 is 1.16 bits per heavy atom. The summed E-state index contributed by atoms with van der Waals surface area (Å²) in [6.45, 7) is 0.502. The number of hydrogen-bond donors (Lipinski definition) is 1. The summed E-state index contributed by atoms with van der Waals surface area (Å²) < 4.78 is 41.3. The smallest absolute Gasteiger partial charge is 0.406 e. The largest absolute Gasteiger partial charge is 0.573 e. The molecule has 1 N–H and O–H groups in total. The highest BCUT2D eigenvalue weighted by molar-refractivity contribution is 9.09. The lowest BCUT2D eigenvalue weighted by atomic mass is 10.1. The van der Waals surface area contributed by atoms with Crippen LogP contribution in [0.25, 0.3) is 0 Å². The van der Waals surface area contributed by atoms with Crippen LogP contribution in [-0.4, -0.2) is 24.2 Å². The zero-order valence-corrected chi connectivity index (χ0v) is 15.1. The second kappa shape index (κ2) is 7.05. The summed E-state index contributed by atoms with van der Waals surface area (Å²) in [6, 6.07) is 11.2. The summed E-state index contributed by atoms with van der Waals surface area (Å²) in [5.41, 5.74) is 2.21. The van der Waals surface area contributed by atoms with Crippen LogP contribution in [0.2, 0.25) is 5.02 Å². The maximum Gasteiger partial charge on any atom is 0.573 e. The summed E-state index contributed by atoms with van der Waals surface area (Å²) in [7, 11) is 0. The minimum absolute atomic E-state index is 0.303. The van der Waals surface area contributed by atoms with Gasteiger partial charge in [0.15, 0.2) is 0 Å². The molecule has 0 aromatic heterocycles. The zero-order valence-electron chi connectivity index (χ0n) is 12.8. The third-order valence-corrected chi connectivity index (χ3v) is 5.24. The van der Waals surface area contributed by atoms with Gasteiger partial charge in [-0.15, -0.1) is 13.2 Å². The van der Waals surface area contributed by atoms with Gasteiger partial charge in [-0.1, -0.05) is 45.7 Å². The average Bonchev–Trinajstić information content (AvgIpc) is 2.96. The van der Waals surface area contributed by atoms with E-state index in [0.29, 0.717) is 23.7 Å². The Hall–Kier alpha value is -1.44. The number of halogens is 5. The molecule has 0 aliphatic carbocycles.